The normalized spacial score (nSPS) is 10.8. The largest absolute Gasteiger partial charge is 0.444 e. The summed E-state index contributed by atoms with van der Waals surface area (Å²) in [4.78, 5) is 35.8. The molecule has 0 aromatic heterocycles. The molecule has 0 fully saturated rings. The zero-order valence-electron chi connectivity index (χ0n) is 17.7. The van der Waals surface area contributed by atoms with Crippen LogP contribution in [0.1, 0.15) is 39.2 Å². The van der Waals surface area contributed by atoms with Crippen molar-refractivity contribution in [1.82, 2.24) is 5.32 Å². The van der Waals surface area contributed by atoms with E-state index in [1.165, 1.54) is 0 Å². The Bertz CT molecular complexity index is 860. The van der Waals surface area contributed by atoms with E-state index in [0.29, 0.717) is 24.2 Å². The molecule has 0 bridgehead atoms. The number of rotatable bonds is 8. The summed E-state index contributed by atoms with van der Waals surface area (Å²) in [6.07, 6.45) is 0.577. The maximum Gasteiger partial charge on any atom is 0.407 e. The highest BCUT2D eigenvalue weighted by molar-refractivity contribution is 5.94. The van der Waals surface area contributed by atoms with Crippen molar-refractivity contribution in [3.8, 4) is 0 Å². The molecule has 0 radical (unpaired) electrons. The molecule has 2 aromatic rings. The quantitative estimate of drug-likeness (QED) is 0.609. The van der Waals surface area contributed by atoms with Gasteiger partial charge >= 0.3 is 6.09 Å². The Kier molecular flexibility index (Phi) is 8.41. The number of hydrogen-bond donors (Lipinski definition) is 3. The van der Waals surface area contributed by atoms with Crippen LogP contribution >= 0.6 is 0 Å². The fraction of sp³-hybridized carbons (Fsp3) is 0.348. The minimum atomic E-state index is -0.585. The average Bonchev–Trinajstić information content (AvgIpc) is 2.66. The number of hydrogen-bond acceptors (Lipinski definition) is 4. The molecule has 30 heavy (non-hydrogen) atoms. The number of benzene rings is 2. The number of amides is 3. The first-order chi connectivity index (χ1) is 14.2. The van der Waals surface area contributed by atoms with Gasteiger partial charge in [0.1, 0.15) is 5.60 Å². The van der Waals surface area contributed by atoms with E-state index in [0.717, 1.165) is 5.56 Å². The van der Waals surface area contributed by atoms with Gasteiger partial charge in [0.25, 0.3) is 0 Å². The molecule has 3 N–H and O–H groups in total. The third kappa shape index (κ3) is 9.23. The minimum Gasteiger partial charge on any atom is -0.444 e. The van der Waals surface area contributed by atoms with Crippen LogP contribution in [0.4, 0.5) is 16.2 Å². The van der Waals surface area contributed by atoms with E-state index in [-0.39, 0.29) is 24.8 Å². The Balaban J connectivity index is 1.75. The lowest BCUT2D eigenvalue weighted by Crippen LogP contribution is -2.34. The fourth-order valence-electron chi connectivity index (χ4n) is 2.62. The van der Waals surface area contributed by atoms with Crippen molar-refractivity contribution in [2.45, 2.75) is 45.6 Å². The molecule has 2 rings (SSSR count). The molecular formula is C23H29N3O4. The summed E-state index contributed by atoms with van der Waals surface area (Å²) in [5, 5.41) is 8.14. The summed E-state index contributed by atoms with van der Waals surface area (Å²) < 4.78 is 5.12. The predicted octanol–water partition coefficient (Wildman–Crippen LogP) is 4.11. The van der Waals surface area contributed by atoms with Crippen LogP contribution < -0.4 is 16.0 Å². The van der Waals surface area contributed by atoms with E-state index in [1.807, 2.05) is 30.3 Å². The van der Waals surface area contributed by atoms with Gasteiger partial charge in [-0.05, 0) is 51.0 Å². The average molecular weight is 412 g/mol. The van der Waals surface area contributed by atoms with Crippen LogP contribution in [0.25, 0.3) is 0 Å². The zero-order valence-corrected chi connectivity index (χ0v) is 17.7. The topological polar surface area (TPSA) is 96.5 Å². The molecule has 0 aliphatic rings. The van der Waals surface area contributed by atoms with Crippen molar-refractivity contribution in [3.05, 3.63) is 60.2 Å². The van der Waals surface area contributed by atoms with Gasteiger partial charge in [-0.15, -0.1) is 0 Å². The van der Waals surface area contributed by atoms with Crippen molar-refractivity contribution < 1.29 is 19.1 Å². The highest BCUT2D eigenvalue weighted by Crippen LogP contribution is 2.16. The van der Waals surface area contributed by atoms with Crippen LogP contribution in [0.2, 0.25) is 0 Å². The summed E-state index contributed by atoms with van der Waals surface area (Å²) >= 11 is 0. The van der Waals surface area contributed by atoms with E-state index < -0.39 is 11.7 Å². The number of alkyl carbamates (subject to hydrolysis) is 1. The van der Waals surface area contributed by atoms with Crippen LogP contribution in [0.3, 0.4) is 0 Å². The molecule has 0 saturated carbocycles. The minimum absolute atomic E-state index is 0.0936. The SMILES string of the molecule is CC(C)(C)OC(=O)NCCC(=O)Nc1cccc(NC(=O)CCc2ccccc2)c1. The van der Waals surface area contributed by atoms with E-state index in [2.05, 4.69) is 16.0 Å². The maximum atomic E-state index is 12.2. The van der Waals surface area contributed by atoms with Gasteiger partial charge in [-0.1, -0.05) is 36.4 Å². The van der Waals surface area contributed by atoms with Gasteiger partial charge in [-0.2, -0.15) is 0 Å². The molecule has 0 saturated heterocycles. The van der Waals surface area contributed by atoms with Gasteiger partial charge in [0.05, 0.1) is 0 Å². The summed E-state index contributed by atoms with van der Waals surface area (Å²) in [7, 11) is 0. The fourth-order valence-corrected chi connectivity index (χ4v) is 2.62. The Hall–Kier alpha value is -3.35. The molecule has 7 heteroatoms. The second-order valence-electron chi connectivity index (χ2n) is 7.84. The first-order valence-electron chi connectivity index (χ1n) is 9.92. The number of aryl methyl sites for hydroxylation is 1. The van der Waals surface area contributed by atoms with Crippen molar-refractivity contribution in [2.75, 3.05) is 17.2 Å². The number of carbonyl (C=O) groups excluding carboxylic acids is 3. The monoisotopic (exact) mass is 411 g/mol. The molecule has 0 spiro atoms. The molecule has 0 aliphatic carbocycles. The third-order valence-corrected chi connectivity index (χ3v) is 3.93. The van der Waals surface area contributed by atoms with Gasteiger partial charge in [-0.25, -0.2) is 4.79 Å². The summed E-state index contributed by atoms with van der Waals surface area (Å²) in [5.74, 6) is -0.345. The molecule has 0 atom stereocenters. The van der Waals surface area contributed by atoms with Crippen LogP contribution in [-0.4, -0.2) is 30.1 Å². The van der Waals surface area contributed by atoms with Gasteiger partial charge in [-0.3, -0.25) is 9.59 Å². The zero-order chi connectivity index (χ0) is 22.0. The first kappa shape index (κ1) is 22.9. The Morgan fingerprint density at radius 3 is 2.03 bits per heavy atom. The van der Waals surface area contributed by atoms with Gasteiger partial charge < -0.3 is 20.7 Å². The van der Waals surface area contributed by atoms with Crippen molar-refractivity contribution >= 4 is 29.3 Å². The van der Waals surface area contributed by atoms with Crippen molar-refractivity contribution in [2.24, 2.45) is 0 Å². The lowest BCUT2D eigenvalue weighted by molar-refractivity contribution is -0.116. The third-order valence-electron chi connectivity index (χ3n) is 3.93. The molecule has 0 unspecified atom stereocenters. The molecule has 0 aliphatic heterocycles. The smallest absolute Gasteiger partial charge is 0.407 e. The highest BCUT2D eigenvalue weighted by Gasteiger charge is 2.16. The van der Waals surface area contributed by atoms with Crippen molar-refractivity contribution in [3.63, 3.8) is 0 Å². The van der Waals surface area contributed by atoms with Gasteiger partial charge in [0.15, 0.2) is 0 Å². The first-order valence-corrected chi connectivity index (χ1v) is 9.92. The summed E-state index contributed by atoms with van der Waals surface area (Å²) in [6.45, 7) is 5.48. The second-order valence-corrected chi connectivity index (χ2v) is 7.84. The number of carbonyl (C=O) groups is 3. The standard InChI is InChI=1S/C23H29N3O4/c1-23(2,3)30-22(29)24-15-14-21(28)26-19-11-7-10-18(16-19)25-20(27)13-12-17-8-5-4-6-9-17/h4-11,16H,12-15H2,1-3H3,(H,24,29)(H,25,27)(H,26,28). The summed E-state index contributed by atoms with van der Waals surface area (Å²) in [5.41, 5.74) is 1.70. The number of nitrogens with one attached hydrogen (secondary N) is 3. The molecule has 3 amide bonds. The molecule has 0 heterocycles. The highest BCUT2D eigenvalue weighted by atomic mass is 16.6. The molecule has 7 nitrogen and oxygen atoms in total. The molecule has 160 valence electrons. The predicted molar refractivity (Wildman–Crippen MR) is 117 cm³/mol. The van der Waals surface area contributed by atoms with E-state index in [9.17, 15) is 14.4 Å². The van der Waals surface area contributed by atoms with Crippen LogP contribution in [0.15, 0.2) is 54.6 Å². The van der Waals surface area contributed by atoms with Gasteiger partial charge in [0.2, 0.25) is 11.8 Å². The summed E-state index contributed by atoms with van der Waals surface area (Å²) in [6, 6.07) is 16.8. The van der Waals surface area contributed by atoms with Crippen molar-refractivity contribution in [1.29, 1.82) is 0 Å². The van der Waals surface area contributed by atoms with Gasteiger partial charge in [0, 0.05) is 30.8 Å². The van der Waals surface area contributed by atoms with E-state index >= 15 is 0 Å². The molecule has 2 aromatic carbocycles. The second kappa shape index (κ2) is 11.0. The number of ether oxygens (including phenoxy) is 1. The van der Waals surface area contributed by atoms with Crippen LogP contribution in [0, 0.1) is 0 Å². The lowest BCUT2D eigenvalue weighted by atomic mass is 10.1. The van der Waals surface area contributed by atoms with Crippen LogP contribution in [0.5, 0.6) is 0 Å². The van der Waals surface area contributed by atoms with E-state index in [4.69, 9.17) is 4.74 Å². The Morgan fingerprint density at radius 2 is 1.43 bits per heavy atom. The van der Waals surface area contributed by atoms with Crippen LogP contribution in [-0.2, 0) is 20.7 Å². The van der Waals surface area contributed by atoms with E-state index in [1.54, 1.807) is 45.0 Å². The lowest BCUT2D eigenvalue weighted by Gasteiger charge is -2.19. The Labute approximate surface area is 177 Å². The maximum absolute atomic E-state index is 12.2. The molecular weight excluding hydrogens is 382 g/mol. The Morgan fingerprint density at radius 1 is 0.833 bits per heavy atom. The number of anilines is 2.